The highest BCUT2D eigenvalue weighted by Crippen LogP contribution is 2.31. The number of methoxy groups -OCH3 is 1. The maximum Gasteiger partial charge on any atom is 0.339 e. The summed E-state index contributed by atoms with van der Waals surface area (Å²) in [5.74, 6) is 0.449. The molecule has 3 unspecified atom stereocenters. The van der Waals surface area contributed by atoms with Crippen LogP contribution in [0.5, 0.6) is 0 Å². The van der Waals surface area contributed by atoms with Crippen LogP contribution in [0.15, 0.2) is 18.2 Å². The van der Waals surface area contributed by atoms with Crippen molar-refractivity contribution in [2.45, 2.75) is 39.2 Å². The average molecular weight is 279 g/mol. The quantitative estimate of drug-likeness (QED) is 0.854. The van der Waals surface area contributed by atoms with Crippen molar-refractivity contribution in [3.8, 4) is 0 Å². The summed E-state index contributed by atoms with van der Waals surface area (Å²) in [5.41, 5.74) is 0.919. The molecule has 2 rings (SSSR count). The van der Waals surface area contributed by atoms with E-state index in [0.717, 1.165) is 25.2 Å². The second-order valence-electron chi connectivity index (χ2n) is 5.83. The summed E-state index contributed by atoms with van der Waals surface area (Å²) in [6.07, 6.45) is 3.35. The van der Waals surface area contributed by atoms with E-state index in [0.29, 0.717) is 17.2 Å². The van der Waals surface area contributed by atoms with Crippen LogP contribution < -0.4 is 5.32 Å². The number of rotatable bonds is 3. The molecule has 0 aliphatic heterocycles. The topological polar surface area (TPSA) is 38.3 Å². The fourth-order valence-electron chi connectivity index (χ4n) is 3.00. The third-order valence-electron chi connectivity index (χ3n) is 4.16. The zero-order valence-corrected chi connectivity index (χ0v) is 12.3. The predicted molar refractivity (Wildman–Crippen MR) is 77.3 cm³/mol. The smallest absolute Gasteiger partial charge is 0.339 e. The molecule has 1 aromatic rings. The van der Waals surface area contributed by atoms with Crippen molar-refractivity contribution < 1.29 is 13.9 Å². The lowest BCUT2D eigenvalue weighted by atomic mass is 9.79. The lowest BCUT2D eigenvalue weighted by Crippen LogP contribution is -2.33. The summed E-state index contributed by atoms with van der Waals surface area (Å²) in [6.45, 7) is 4.46. The van der Waals surface area contributed by atoms with Crippen molar-refractivity contribution in [2.24, 2.45) is 11.8 Å². The number of anilines is 1. The highest BCUT2D eigenvalue weighted by atomic mass is 19.1. The highest BCUT2D eigenvalue weighted by Gasteiger charge is 2.26. The zero-order valence-electron chi connectivity index (χ0n) is 12.3. The van der Waals surface area contributed by atoms with Crippen LogP contribution in [0.2, 0.25) is 0 Å². The Morgan fingerprint density at radius 1 is 1.35 bits per heavy atom. The van der Waals surface area contributed by atoms with Gasteiger partial charge in [-0.25, -0.2) is 9.18 Å². The minimum Gasteiger partial charge on any atom is -0.465 e. The molecule has 20 heavy (non-hydrogen) atoms. The molecule has 3 nitrogen and oxygen atoms in total. The molecule has 0 heterocycles. The van der Waals surface area contributed by atoms with E-state index < -0.39 is 5.97 Å². The SMILES string of the molecule is COC(=O)c1ccc(F)cc1NC1CCC(C)CC1C. The van der Waals surface area contributed by atoms with Crippen LogP contribution in [0.25, 0.3) is 0 Å². The largest absolute Gasteiger partial charge is 0.465 e. The lowest BCUT2D eigenvalue weighted by molar-refractivity contribution is 0.0601. The molecule has 0 radical (unpaired) electrons. The van der Waals surface area contributed by atoms with Gasteiger partial charge in [0, 0.05) is 6.04 Å². The van der Waals surface area contributed by atoms with Crippen molar-refractivity contribution in [2.75, 3.05) is 12.4 Å². The van der Waals surface area contributed by atoms with Crippen LogP contribution in [0.3, 0.4) is 0 Å². The molecule has 0 bridgehead atoms. The third kappa shape index (κ3) is 3.30. The molecule has 3 atom stereocenters. The molecule has 0 saturated heterocycles. The third-order valence-corrected chi connectivity index (χ3v) is 4.16. The molecule has 1 aliphatic rings. The second kappa shape index (κ2) is 6.25. The molecule has 1 aromatic carbocycles. The Bertz CT molecular complexity index is 489. The van der Waals surface area contributed by atoms with Crippen LogP contribution >= 0.6 is 0 Å². The Balaban J connectivity index is 2.19. The van der Waals surface area contributed by atoms with Gasteiger partial charge in [-0.15, -0.1) is 0 Å². The van der Waals surface area contributed by atoms with E-state index in [2.05, 4.69) is 19.2 Å². The van der Waals surface area contributed by atoms with Gasteiger partial charge in [-0.3, -0.25) is 0 Å². The summed E-state index contributed by atoms with van der Waals surface area (Å²) in [4.78, 5) is 11.7. The van der Waals surface area contributed by atoms with Crippen LogP contribution in [-0.4, -0.2) is 19.1 Å². The first kappa shape index (κ1) is 14.8. The monoisotopic (exact) mass is 279 g/mol. The maximum absolute atomic E-state index is 13.4. The number of hydrogen-bond acceptors (Lipinski definition) is 3. The molecule has 4 heteroatoms. The number of carbonyl (C=O) groups excluding carboxylic acids is 1. The van der Waals surface area contributed by atoms with Crippen molar-refractivity contribution in [1.29, 1.82) is 0 Å². The Morgan fingerprint density at radius 2 is 2.10 bits per heavy atom. The van der Waals surface area contributed by atoms with Gasteiger partial charge < -0.3 is 10.1 Å². The minimum absolute atomic E-state index is 0.274. The number of carbonyl (C=O) groups is 1. The second-order valence-corrected chi connectivity index (χ2v) is 5.83. The van der Waals surface area contributed by atoms with E-state index in [1.807, 2.05) is 0 Å². The Labute approximate surface area is 119 Å². The molecular formula is C16H22FNO2. The molecule has 1 saturated carbocycles. The van der Waals surface area contributed by atoms with Gasteiger partial charge in [-0.05, 0) is 49.3 Å². The zero-order chi connectivity index (χ0) is 14.7. The average Bonchev–Trinajstić information content (AvgIpc) is 2.41. The summed E-state index contributed by atoms with van der Waals surface area (Å²) in [5, 5.41) is 3.34. The molecule has 0 aromatic heterocycles. The summed E-state index contributed by atoms with van der Waals surface area (Å²) < 4.78 is 18.2. The van der Waals surface area contributed by atoms with Gasteiger partial charge >= 0.3 is 5.97 Å². The molecular weight excluding hydrogens is 257 g/mol. The highest BCUT2D eigenvalue weighted by molar-refractivity contribution is 5.95. The van der Waals surface area contributed by atoms with E-state index in [4.69, 9.17) is 4.74 Å². The van der Waals surface area contributed by atoms with Gasteiger partial charge in [0.2, 0.25) is 0 Å². The van der Waals surface area contributed by atoms with Gasteiger partial charge in [0.25, 0.3) is 0 Å². The Morgan fingerprint density at radius 3 is 2.75 bits per heavy atom. The number of esters is 1. The fraction of sp³-hybridized carbons (Fsp3) is 0.562. The molecule has 1 aliphatic carbocycles. The van der Waals surface area contributed by atoms with E-state index in [9.17, 15) is 9.18 Å². The van der Waals surface area contributed by atoms with Crippen molar-refractivity contribution in [3.05, 3.63) is 29.6 Å². The number of hydrogen-bond donors (Lipinski definition) is 1. The number of ether oxygens (including phenoxy) is 1. The first-order chi connectivity index (χ1) is 9.51. The van der Waals surface area contributed by atoms with Gasteiger partial charge in [-0.1, -0.05) is 13.8 Å². The first-order valence-corrected chi connectivity index (χ1v) is 7.15. The van der Waals surface area contributed by atoms with Crippen LogP contribution in [-0.2, 0) is 4.74 Å². The molecule has 1 fully saturated rings. The number of nitrogens with one attached hydrogen (secondary N) is 1. The maximum atomic E-state index is 13.4. The molecule has 1 N–H and O–H groups in total. The summed E-state index contributed by atoms with van der Waals surface area (Å²) >= 11 is 0. The van der Waals surface area contributed by atoms with Crippen molar-refractivity contribution in [3.63, 3.8) is 0 Å². The van der Waals surface area contributed by atoms with Gasteiger partial charge in [0.05, 0.1) is 18.4 Å². The van der Waals surface area contributed by atoms with E-state index >= 15 is 0 Å². The van der Waals surface area contributed by atoms with E-state index in [-0.39, 0.29) is 11.9 Å². The minimum atomic E-state index is -0.440. The molecule has 0 amide bonds. The molecule has 110 valence electrons. The molecule has 0 spiro atoms. The fourth-order valence-corrected chi connectivity index (χ4v) is 3.00. The standard InChI is InChI=1S/C16H22FNO2/c1-10-4-7-14(11(2)8-10)18-15-9-12(17)5-6-13(15)16(19)20-3/h5-6,9-11,14,18H,4,7-8H2,1-3H3. The van der Waals surface area contributed by atoms with Crippen LogP contribution in [0.4, 0.5) is 10.1 Å². The Kier molecular flexibility index (Phi) is 4.63. The number of halogens is 1. The van der Waals surface area contributed by atoms with Crippen LogP contribution in [0, 0.1) is 17.7 Å². The summed E-state index contributed by atoms with van der Waals surface area (Å²) in [6, 6.07) is 4.40. The van der Waals surface area contributed by atoms with Gasteiger partial charge in [-0.2, -0.15) is 0 Å². The van der Waals surface area contributed by atoms with Gasteiger partial charge in [0.1, 0.15) is 5.82 Å². The lowest BCUT2D eigenvalue weighted by Gasteiger charge is -2.34. The van der Waals surface area contributed by atoms with E-state index in [1.165, 1.54) is 25.3 Å². The number of benzene rings is 1. The predicted octanol–water partition coefficient (Wildman–Crippen LogP) is 3.85. The Hall–Kier alpha value is -1.58. The van der Waals surface area contributed by atoms with Crippen molar-refractivity contribution in [1.82, 2.24) is 0 Å². The normalized spacial score (nSPS) is 26.1. The summed E-state index contributed by atoms with van der Waals surface area (Å²) in [7, 11) is 1.33. The van der Waals surface area contributed by atoms with Crippen LogP contribution in [0.1, 0.15) is 43.5 Å². The van der Waals surface area contributed by atoms with Crippen molar-refractivity contribution >= 4 is 11.7 Å². The van der Waals surface area contributed by atoms with Gasteiger partial charge in [0.15, 0.2) is 0 Å². The van der Waals surface area contributed by atoms with E-state index in [1.54, 1.807) is 0 Å². The first-order valence-electron chi connectivity index (χ1n) is 7.15.